The SMILES string of the molecule is CCOC(=O)CN(C)CC(=O)Nc1c(C#N)c(C)c(C)n1C1CCCC1. The minimum Gasteiger partial charge on any atom is -0.465 e. The molecule has 1 saturated carbocycles. The van der Waals surface area contributed by atoms with E-state index in [9.17, 15) is 14.9 Å². The Kier molecular flexibility index (Phi) is 6.81. The fourth-order valence-corrected chi connectivity index (χ4v) is 3.61. The number of carbonyl (C=O) groups excluding carboxylic acids is 2. The molecule has 0 saturated heterocycles. The van der Waals surface area contributed by atoms with Crippen LogP contribution in [0.15, 0.2) is 0 Å². The van der Waals surface area contributed by atoms with Crippen LogP contribution < -0.4 is 5.32 Å². The van der Waals surface area contributed by atoms with Gasteiger partial charge >= 0.3 is 5.97 Å². The molecular formula is C19H28N4O3. The number of rotatable bonds is 7. The molecule has 0 spiro atoms. The van der Waals surface area contributed by atoms with Gasteiger partial charge in [0.2, 0.25) is 5.91 Å². The van der Waals surface area contributed by atoms with Gasteiger partial charge in [0.25, 0.3) is 0 Å². The van der Waals surface area contributed by atoms with Crippen LogP contribution in [0, 0.1) is 25.2 Å². The van der Waals surface area contributed by atoms with E-state index in [1.54, 1.807) is 18.9 Å². The number of anilines is 1. The zero-order chi connectivity index (χ0) is 19.3. The fourth-order valence-electron chi connectivity index (χ4n) is 3.61. The Morgan fingerprint density at radius 3 is 2.54 bits per heavy atom. The molecule has 26 heavy (non-hydrogen) atoms. The lowest BCUT2D eigenvalue weighted by Crippen LogP contribution is -2.35. The number of carbonyl (C=O) groups is 2. The summed E-state index contributed by atoms with van der Waals surface area (Å²) in [6, 6.07) is 2.56. The molecule has 7 nitrogen and oxygen atoms in total. The van der Waals surface area contributed by atoms with Crippen LogP contribution in [-0.2, 0) is 14.3 Å². The number of ether oxygens (including phenoxy) is 1. The van der Waals surface area contributed by atoms with Crippen molar-refractivity contribution in [1.29, 1.82) is 5.26 Å². The van der Waals surface area contributed by atoms with Crippen molar-refractivity contribution >= 4 is 17.7 Å². The summed E-state index contributed by atoms with van der Waals surface area (Å²) in [6.07, 6.45) is 4.45. The normalized spacial score (nSPS) is 14.5. The van der Waals surface area contributed by atoms with Gasteiger partial charge < -0.3 is 14.6 Å². The Morgan fingerprint density at radius 1 is 1.31 bits per heavy atom. The topological polar surface area (TPSA) is 87.4 Å². The first-order chi connectivity index (χ1) is 12.4. The Balaban J connectivity index is 2.15. The molecule has 1 aliphatic rings. The molecule has 0 bridgehead atoms. The number of esters is 1. The van der Waals surface area contributed by atoms with Crippen LogP contribution in [0.3, 0.4) is 0 Å². The number of aromatic nitrogens is 1. The van der Waals surface area contributed by atoms with E-state index >= 15 is 0 Å². The maximum Gasteiger partial charge on any atom is 0.320 e. The standard InChI is InChI=1S/C19H28N4O3/c1-5-26-18(25)12-22(4)11-17(24)21-19-16(10-20)13(2)14(3)23(19)15-8-6-7-9-15/h15H,5-9,11-12H2,1-4H3,(H,21,24). The van der Waals surface area contributed by atoms with Gasteiger partial charge in [0, 0.05) is 11.7 Å². The van der Waals surface area contributed by atoms with Crippen molar-refractivity contribution < 1.29 is 14.3 Å². The first kappa shape index (κ1) is 20.0. The van der Waals surface area contributed by atoms with Gasteiger partial charge in [-0.1, -0.05) is 12.8 Å². The van der Waals surface area contributed by atoms with E-state index in [1.165, 1.54) is 12.8 Å². The molecule has 0 unspecified atom stereocenters. The lowest BCUT2D eigenvalue weighted by Gasteiger charge is -2.20. The van der Waals surface area contributed by atoms with Crippen LogP contribution in [0.2, 0.25) is 0 Å². The second kappa shape index (κ2) is 8.86. The van der Waals surface area contributed by atoms with Crippen molar-refractivity contribution in [1.82, 2.24) is 9.47 Å². The predicted octanol–water partition coefficient (Wildman–Crippen LogP) is 2.53. The number of likely N-dealkylation sites (N-methyl/N-ethyl adjacent to an activating group) is 1. The Labute approximate surface area is 154 Å². The predicted molar refractivity (Wildman–Crippen MR) is 98.9 cm³/mol. The number of hydrogen-bond acceptors (Lipinski definition) is 5. The third kappa shape index (κ3) is 4.44. The van der Waals surface area contributed by atoms with Gasteiger partial charge in [-0.05, 0) is 46.2 Å². The number of hydrogen-bond donors (Lipinski definition) is 1. The van der Waals surface area contributed by atoms with E-state index in [0.717, 1.165) is 24.1 Å². The summed E-state index contributed by atoms with van der Waals surface area (Å²) in [6.45, 7) is 6.08. The van der Waals surface area contributed by atoms with Crippen LogP contribution in [0.25, 0.3) is 0 Å². The highest BCUT2D eigenvalue weighted by atomic mass is 16.5. The second-order valence-corrected chi connectivity index (χ2v) is 6.88. The van der Waals surface area contributed by atoms with Crippen LogP contribution in [-0.4, -0.2) is 48.1 Å². The van der Waals surface area contributed by atoms with Crippen molar-refractivity contribution in [3.8, 4) is 6.07 Å². The molecule has 0 aliphatic heterocycles. The van der Waals surface area contributed by atoms with E-state index in [0.29, 0.717) is 24.0 Å². The third-order valence-corrected chi connectivity index (χ3v) is 4.93. The highest BCUT2D eigenvalue weighted by molar-refractivity contribution is 5.93. The highest BCUT2D eigenvalue weighted by Gasteiger charge is 2.26. The molecule has 1 aromatic rings. The molecule has 7 heteroatoms. The first-order valence-electron chi connectivity index (χ1n) is 9.14. The van der Waals surface area contributed by atoms with Crippen molar-refractivity contribution in [2.45, 2.75) is 52.5 Å². The Bertz CT molecular complexity index is 711. The molecule has 2 rings (SSSR count). The molecule has 0 aromatic carbocycles. The van der Waals surface area contributed by atoms with Crippen LogP contribution in [0.4, 0.5) is 5.82 Å². The zero-order valence-corrected chi connectivity index (χ0v) is 16.1. The van der Waals surface area contributed by atoms with E-state index < -0.39 is 0 Å². The van der Waals surface area contributed by atoms with Crippen molar-refractivity contribution in [3.05, 3.63) is 16.8 Å². The Morgan fingerprint density at radius 2 is 1.96 bits per heavy atom. The number of nitriles is 1. The summed E-state index contributed by atoms with van der Waals surface area (Å²) in [7, 11) is 1.69. The van der Waals surface area contributed by atoms with Crippen molar-refractivity contribution in [3.63, 3.8) is 0 Å². The van der Waals surface area contributed by atoms with Gasteiger partial charge in [-0.25, -0.2) is 0 Å². The molecule has 1 heterocycles. The summed E-state index contributed by atoms with van der Waals surface area (Å²) >= 11 is 0. The maximum atomic E-state index is 12.5. The van der Waals surface area contributed by atoms with Gasteiger partial charge in [0.1, 0.15) is 11.9 Å². The van der Waals surface area contributed by atoms with Crippen LogP contribution >= 0.6 is 0 Å². The fraction of sp³-hybridized carbons (Fsp3) is 0.632. The molecule has 1 aliphatic carbocycles. The van der Waals surface area contributed by atoms with Crippen molar-refractivity contribution in [2.75, 3.05) is 32.1 Å². The van der Waals surface area contributed by atoms with E-state index in [1.807, 2.05) is 13.8 Å². The first-order valence-corrected chi connectivity index (χ1v) is 9.14. The minimum atomic E-state index is -0.360. The monoisotopic (exact) mass is 360 g/mol. The summed E-state index contributed by atoms with van der Waals surface area (Å²) in [5.74, 6) is -0.0180. The molecule has 1 aromatic heterocycles. The smallest absolute Gasteiger partial charge is 0.320 e. The summed E-state index contributed by atoms with van der Waals surface area (Å²) in [5, 5.41) is 12.5. The van der Waals surface area contributed by atoms with E-state index in [4.69, 9.17) is 4.74 Å². The molecular weight excluding hydrogens is 332 g/mol. The average molecular weight is 360 g/mol. The van der Waals surface area contributed by atoms with Gasteiger partial charge in [-0.15, -0.1) is 0 Å². The molecule has 142 valence electrons. The van der Waals surface area contributed by atoms with Gasteiger partial charge in [-0.2, -0.15) is 5.26 Å². The molecule has 0 atom stereocenters. The lowest BCUT2D eigenvalue weighted by molar-refractivity contribution is -0.144. The van der Waals surface area contributed by atoms with Crippen molar-refractivity contribution in [2.24, 2.45) is 0 Å². The quantitative estimate of drug-likeness (QED) is 0.755. The average Bonchev–Trinajstić information content (AvgIpc) is 3.15. The second-order valence-electron chi connectivity index (χ2n) is 6.88. The minimum absolute atomic E-state index is 0.0497. The van der Waals surface area contributed by atoms with Gasteiger partial charge in [0.05, 0.1) is 25.3 Å². The molecule has 1 N–H and O–H groups in total. The molecule has 0 radical (unpaired) electrons. The molecule has 1 amide bonds. The number of amides is 1. The maximum absolute atomic E-state index is 12.5. The van der Waals surface area contributed by atoms with E-state index in [-0.39, 0.29) is 25.0 Å². The number of nitrogens with zero attached hydrogens (tertiary/aromatic N) is 3. The summed E-state index contributed by atoms with van der Waals surface area (Å²) in [5.41, 5.74) is 2.47. The third-order valence-electron chi connectivity index (χ3n) is 4.93. The lowest BCUT2D eigenvalue weighted by atomic mass is 10.2. The summed E-state index contributed by atoms with van der Waals surface area (Å²) < 4.78 is 7.01. The highest BCUT2D eigenvalue weighted by Crippen LogP contribution is 2.37. The van der Waals surface area contributed by atoms with Gasteiger partial charge in [-0.3, -0.25) is 14.5 Å². The largest absolute Gasteiger partial charge is 0.465 e. The van der Waals surface area contributed by atoms with E-state index in [2.05, 4.69) is 16.0 Å². The van der Waals surface area contributed by atoms with Crippen LogP contribution in [0.1, 0.15) is 55.5 Å². The molecule has 1 fully saturated rings. The number of nitrogens with one attached hydrogen (secondary N) is 1. The van der Waals surface area contributed by atoms with Gasteiger partial charge in [0.15, 0.2) is 0 Å². The van der Waals surface area contributed by atoms with Crippen LogP contribution in [0.5, 0.6) is 0 Å². The zero-order valence-electron chi connectivity index (χ0n) is 16.1. The Hall–Kier alpha value is -2.33. The summed E-state index contributed by atoms with van der Waals surface area (Å²) in [4.78, 5) is 25.6.